The van der Waals surface area contributed by atoms with Gasteiger partial charge in [0.2, 0.25) is 5.91 Å². The van der Waals surface area contributed by atoms with Crippen LogP contribution in [0.2, 0.25) is 0 Å². The van der Waals surface area contributed by atoms with E-state index in [1.807, 2.05) is 13.0 Å². The second-order valence-electron chi connectivity index (χ2n) is 7.52. The van der Waals surface area contributed by atoms with Gasteiger partial charge in [0, 0.05) is 6.04 Å². The van der Waals surface area contributed by atoms with Gasteiger partial charge in [-0.1, -0.05) is 11.6 Å². The zero-order valence-corrected chi connectivity index (χ0v) is 14.7. The van der Waals surface area contributed by atoms with Crippen molar-refractivity contribution in [3.8, 4) is 0 Å². The molecule has 0 aromatic carbocycles. The highest BCUT2D eigenvalue weighted by Crippen LogP contribution is 2.31. The molecule has 2 aliphatic rings. The van der Waals surface area contributed by atoms with Crippen LogP contribution in [0.25, 0.3) is 0 Å². The molecule has 2 rings (SSSR count). The van der Waals surface area contributed by atoms with Crippen LogP contribution in [0.15, 0.2) is 11.6 Å². The third kappa shape index (κ3) is 4.27. The van der Waals surface area contributed by atoms with Crippen molar-refractivity contribution in [2.45, 2.75) is 77.1 Å². The molecule has 0 aromatic heterocycles. The molecule has 0 aromatic rings. The molecule has 0 radical (unpaired) electrons. The molecule has 1 saturated heterocycles. The van der Waals surface area contributed by atoms with Crippen molar-refractivity contribution < 1.29 is 24.2 Å². The summed E-state index contributed by atoms with van der Waals surface area (Å²) in [5.41, 5.74) is 0.430. The number of alkyl carbamates (subject to hydrolysis) is 1. The first-order valence-corrected chi connectivity index (χ1v) is 8.28. The molecule has 24 heavy (non-hydrogen) atoms. The summed E-state index contributed by atoms with van der Waals surface area (Å²) >= 11 is 0. The zero-order chi connectivity index (χ0) is 18.1. The number of aliphatic carboxylic acids is 1. The summed E-state index contributed by atoms with van der Waals surface area (Å²) < 4.78 is 5.22. The first-order valence-electron chi connectivity index (χ1n) is 8.28. The summed E-state index contributed by atoms with van der Waals surface area (Å²) in [6.45, 7) is 7.20. The molecule has 3 atom stereocenters. The Hall–Kier alpha value is -2.05. The van der Waals surface area contributed by atoms with Crippen LogP contribution >= 0.6 is 0 Å². The van der Waals surface area contributed by atoms with E-state index >= 15 is 0 Å². The zero-order valence-electron chi connectivity index (χ0n) is 14.7. The number of rotatable bonds is 2. The lowest BCUT2D eigenvalue weighted by atomic mass is 9.99. The molecular formula is C17H26N2O5. The largest absolute Gasteiger partial charge is 0.480 e. The topological polar surface area (TPSA) is 95.9 Å². The van der Waals surface area contributed by atoms with E-state index in [2.05, 4.69) is 5.32 Å². The van der Waals surface area contributed by atoms with E-state index in [4.69, 9.17) is 4.74 Å². The monoisotopic (exact) mass is 338 g/mol. The molecule has 7 nitrogen and oxygen atoms in total. The molecule has 2 amide bonds. The standard InChI is InChI=1S/C17H26N2O5/c1-10-5-7-12(18-16(23)24-17(2,3)4)14(20)19-11(9-10)6-8-13(19)15(21)22/h5,11-13H,6-9H2,1-4H3,(H,18,23)(H,21,22)/t11?,12-,13-/m0/s1. The summed E-state index contributed by atoms with van der Waals surface area (Å²) in [6.07, 6.45) is 3.38. The Morgan fingerprint density at radius 1 is 1.33 bits per heavy atom. The van der Waals surface area contributed by atoms with Gasteiger partial charge >= 0.3 is 12.1 Å². The van der Waals surface area contributed by atoms with E-state index in [0.29, 0.717) is 25.7 Å². The normalized spacial score (nSPS) is 27.7. The minimum Gasteiger partial charge on any atom is -0.480 e. The first-order chi connectivity index (χ1) is 11.1. The van der Waals surface area contributed by atoms with Gasteiger partial charge in [-0.05, 0) is 53.4 Å². The van der Waals surface area contributed by atoms with Crippen molar-refractivity contribution in [1.82, 2.24) is 10.2 Å². The van der Waals surface area contributed by atoms with Crippen molar-refractivity contribution in [2.75, 3.05) is 0 Å². The van der Waals surface area contributed by atoms with E-state index in [1.54, 1.807) is 20.8 Å². The average molecular weight is 338 g/mol. The smallest absolute Gasteiger partial charge is 0.408 e. The fourth-order valence-electron chi connectivity index (χ4n) is 3.28. The summed E-state index contributed by atoms with van der Waals surface area (Å²) in [5, 5.41) is 12.0. The molecule has 2 heterocycles. The molecule has 0 aliphatic carbocycles. The molecule has 134 valence electrons. The Labute approximate surface area is 142 Å². The summed E-state index contributed by atoms with van der Waals surface area (Å²) in [5.74, 6) is -1.34. The van der Waals surface area contributed by atoms with Crippen molar-refractivity contribution in [3.05, 3.63) is 11.6 Å². The fraction of sp³-hybridized carbons (Fsp3) is 0.706. The number of carboxylic acid groups (broad SMARTS) is 1. The van der Waals surface area contributed by atoms with Crippen LogP contribution in [0.4, 0.5) is 4.79 Å². The number of hydrogen-bond acceptors (Lipinski definition) is 4. The van der Waals surface area contributed by atoms with Crippen molar-refractivity contribution in [3.63, 3.8) is 0 Å². The van der Waals surface area contributed by atoms with Crippen molar-refractivity contribution >= 4 is 18.0 Å². The van der Waals surface area contributed by atoms with E-state index in [-0.39, 0.29) is 11.9 Å². The number of carbonyl (C=O) groups is 3. The van der Waals surface area contributed by atoms with Gasteiger partial charge in [0.15, 0.2) is 0 Å². The molecule has 2 N–H and O–H groups in total. The highest BCUT2D eigenvalue weighted by atomic mass is 16.6. The third-order valence-electron chi connectivity index (χ3n) is 4.29. The number of carboxylic acids is 1. The van der Waals surface area contributed by atoms with Crippen LogP contribution in [-0.4, -0.2) is 51.7 Å². The van der Waals surface area contributed by atoms with Gasteiger partial charge in [0.1, 0.15) is 17.7 Å². The molecule has 1 unspecified atom stereocenters. The Morgan fingerprint density at radius 3 is 2.58 bits per heavy atom. The maximum Gasteiger partial charge on any atom is 0.408 e. The highest BCUT2D eigenvalue weighted by Gasteiger charge is 2.44. The van der Waals surface area contributed by atoms with Crippen LogP contribution in [0.1, 0.15) is 53.4 Å². The number of carbonyl (C=O) groups excluding carboxylic acids is 2. The van der Waals surface area contributed by atoms with E-state index in [9.17, 15) is 19.5 Å². The Balaban J connectivity index is 2.21. The summed E-state index contributed by atoms with van der Waals surface area (Å²) in [7, 11) is 0. The quantitative estimate of drug-likeness (QED) is 0.751. The summed E-state index contributed by atoms with van der Waals surface area (Å²) in [4.78, 5) is 37.8. The van der Waals surface area contributed by atoms with Gasteiger partial charge in [0.05, 0.1) is 0 Å². The minimum absolute atomic E-state index is 0.127. The lowest BCUT2D eigenvalue weighted by molar-refractivity contribution is -0.150. The molecule has 7 heteroatoms. The Bertz CT molecular complexity index is 564. The van der Waals surface area contributed by atoms with Crippen LogP contribution in [0.5, 0.6) is 0 Å². The third-order valence-corrected chi connectivity index (χ3v) is 4.29. The maximum atomic E-state index is 12.9. The van der Waals surface area contributed by atoms with Crippen molar-refractivity contribution in [1.29, 1.82) is 0 Å². The van der Waals surface area contributed by atoms with Gasteiger partial charge in [-0.3, -0.25) is 4.79 Å². The average Bonchev–Trinajstić information content (AvgIpc) is 2.82. The van der Waals surface area contributed by atoms with Crippen LogP contribution < -0.4 is 5.32 Å². The van der Waals surface area contributed by atoms with Crippen LogP contribution in [0, 0.1) is 0 Å². The number of amides is 2. The number of fused-ring (bicyclic) bond motifs is 1. The maximum absolute atomic E-state index is 12.9. The Kier molecular flexibility index (Phi) is 5.20. The molecule has 1 fully saturated rings. The Morgan fingerprint density at radius 2 is 2.00 bits per heavy atom. The van der Waals surface area contributed by atoms with Crippen LogP contribution in [-0.2, 0) is 14.3 Å². The number of hydrogen-bond donors (Lipinski definition) is 2. The van der Waals surface area contributed by atoms with Gasteiger partial charge in [-0.15, -0.1) is 0 Å². The molecular weight excluding hydrogens is 312 g/mol. The number of nitrogens with zero attached hydrogens (tertiary/aromatic N) is 1. The SMILES string of the molecule is CC1=CC[C@H](NC(=O)OC(C)(C)C)C(=O)N2C(CC[C@H]2C(=O)O)C1. The van der Waals surface area contributed by atoms with Crippen LogP contribution in [0.3, 0.4) is 0 Å². The second kappa shape index (κ2) is 6.83. The molecule has 0 spiro atoms. The lowest BCUT2D eigenvalue weighted by Crippen LogP contribution is -2.55. The predicted octanol–water partition coefficient (Wildman–Crippen LogP) is 2.06. The number of nitrogens with one attached hydrogen (secondary N) is 1. The van der Waals surface area contributed by atoms with Gasteiger partial charge in [-0.25, -0.2) is 9.59 Å². The highest BCUT2D eigenvalue weighted by molar-refractivity contribution is 5.90. The van der Waals surface area contributed by atoms with Gasteiger partial charge < -0.3 is 20.1 Å². The lowest BCUT2D eigenvalue weighted by Gasteiger charge is -2.34. The van der Waals surface area contributed by atoms with Gasteiger partial charge in [0.25, 0.3) is 0 Å². The molecule has 2 aliphatic heterocycles. The van der Waals surface area contributed by atoms with E-state index in [1.165, 1.54) is 4.90 Å². The van der Waals surface area contributed by atoms with E-state index in [0.717, 1.165) is 5.57 Å². The summed E-state index contributed by atoms with van der Waals surface area (Å²) in [6, 6.07) is -1.76. The fourth-order valence-corrected chi connectivity index (χ4v) is 3.28. The molecule has 0 bridgehead atoms. The molecule has 0 saturated carbocycles. The predicted molar refractivity (Wildman–Crippen MR) is 87.4 cm³/mol. The first kappa shape index (κ1) is 18.3. The van der Waals surface area contributed by atoms with Gasteiger partial charge in [-0.2, -0.15) is 0 Å². The minimum atomic E-state index is -0.996. The number of ether oxygens (including phenoxy) is 1. The van der Waals surface area contributed by atoms with Crippen molar-refractivity contribution in [2.24, 2.45) is 0 Å². The van der Waals surface area contributed by atoms with E-state index < -0.39 is 29.7 Å². The second-order valence-corrected chi connectivity index (χ2v) is 7.52.